The smallest absolute Gasteiger partial charge is 0.242 e. The Balaban J connectivity index is 2.12. The second-order valence-electron chi connectivity index (χ2n) is 3.54. The highest BCUT2D eigenvalue weighted by Crippen LogP contribution is 2.21. The fourth-order valence-corrected chi connectivity index (χ4v) is 3.88. The van der Waals surface area contributed by atoms with Crippen LogP contribution < -0.4 is 10.0 Å². The van der Waals surface area contributed by atoms with E-state index in [0.29, 0.717) is 17.2 Å². The summed E-state index contributed by atoms with van der Waals surface area (Å²) in [6, 6.07) is 3.21. The van der Waals surface area contributed by atoms with Crippen molar-refractivity contribution in [3.05, 3.63) is 34.3 Å². The Labute approximate surface area is 109 Å². The van der Waals surface area contributed by atoms with Crippen molar-refractivity contribution in [3.8, 4) is 0 Å². The molecule has 2 rings (SSSR count). The van der Waals surface area contributed by atoms with Crippen molar-refractivity contribution in [1.82, 2.24) is 15.2 Å². The molecule has 18 heavy (non-hydrogen) atoms. The van der Waals surface area contributed by atoms with Gasteiger partial charge in [0, 0.05) is 17.5 Å². The van der Waals surface area contributed by atoms with E-state index in [1.54, 1.807) is 24.6 Å². The minimum atomic E-state index is -3.51. The predicted octanol–water partition coefficient (Wildman–Crippen LogP) is 0.934. The first kappa shape index (κ1) is 13.2. The topological polar surface area (TPSA) is 84.2 Å². The lowest BCUT2D eigenvalue weighted by Gasteiger charge is -2.05. The van der Waals surface area contributed by atoms with Crippen molar-refractivity contribution in [2.75, 3.05) is 7.05 Å². The van der Waals surface area contributed by atoms with Gasteiger partial charge in [-0.2, -0.15) is 0 Å². The van der Waals surface area contributed by atoms with E-state index in [4.69, 9.17) is 4.52 Å². The maximum Gasteiger partial charge on any atom is 0.242 e. The van der Waals surface area contributed by atoms with Crippen molar-refractivity contribution in [2.45, 2.75) is 18.0 Å². The highest BCUT2D eigenvalue weighted by atomic mass is 32.2. The molecule has 0 atom stereocenters. The van der Waals surface area contributed by atoms with Gasteiger partial charge in [0.2, 0.25) is 10.0 Å². The molecule has 0 aliphatic heterocycles. The van der Waals surface area contributed by atoms with Crippen molar-refractivity contribution in [3.63, 3.8) is 0 Å². The summed E-state index contributed by atoms with van der Waals surface area (Å²) in [7, 11) is -1.74. The Morgan fingerprint density at radius 3 is 2.89 bits per heavy atom. The van der Waals surface area contributed by atoms with Crippen LogP contribution in [0.25, 0.3) is 0 Å². The fourth-order valence-electron chi connectivity index (χ4n) is 1.43. The summed E-state index contributed by atoms with van der Waals surface area (Å²) in [5, 5.41) is 8.22. The van der Waals surface area contributed by atoms with E-state index in [0.717, 1.165) is 4.88 Å². The Morgan fingerprint density at radius 1 is 1.39 bits per heavy atom. The van der Waals surface area contributed by atoms with E-state index >= 15 is 0 Å². The summed E-state index contributed by atoms with van der Waals surface area (Å²) in [6.07, 6.45) is 1.47. The zero-order chi connectivity index (χ0) is 13.0. The molecule has 0 amide bonds. The van der Waals surface area contributed by atoms with E-state index < -0.39 is 10.0 Å². The van der Waals surface area contributed by atoms with Gasteiger partial charge in [0.05, 0.1) is 17.6 Å². The minimum Gasteiger partial charge on any atom is -0.360 e. The maximum absolute atomic E-state index is 12.1. The quantitative estimate of drug-likeness (QED) is 0.826. The maximum atomic E-state index is 12.1. The summed E-state index contributed by atoms with van der Waals surface area (Å²) >= 11 is 1.41. The lowest BCUT2D eigenvalue weighted by atomic mass is 10.5. The Morgan fingerprint density at radius 2 is 2.22 bits per heavy atom. The molecule has 2 aromatic heterocycles. The molecule has 0 bridgehead atoms. The van der Waals surface area contributed by atoms with Crippen LogP contribution in [0.1, 0.15) is 10.6 Å². The Kier molecular flexibility index (Phi) is 4.12. The van der Waals surface area contributed by atoms with Gasteiger partial charge in [0.1, 0.15) is 0 Å². The van der Waals surface area contributed by atoms with Crippen LogP contribution in [0.3, 0.4) is 0 Å². The van der Waals surface area contributed by atoms with Gasteiger partial charge in [0.15, 0.2) is 5.76 Å². The first-order chi connectivity index (χ1) is 8.63. The van der Waals surface area contributed by atoms with E-state index in [1.807, 2.05) is 0 Å². The SMILES string of the molecule is CNCc1sccc1S(=O)(=O)NCc1ccno1. The van der Waals surface area contributed by atoms with Crippen LogP contribution in [0, 0.1) is 0 Å². The third-order valence-electron chi connectivity index (χ3n) is 2.26. The van der Waals surface area contributed by atoms with Crippen LogP contribution in [0.5, 0.6) is 0 Å². The number of hydrogen-bond acceptors (Lipinski definition) is 6. The largest absolute Gasteiger partial charge is 0.360 e. The van der Waals surface area contributed by atoms with Crippen LogP contribution in [-0.4, -0.2) is 20.6 Å². The molecule has 0 aromatic carbocycles. The van der Waals surface area contributed by atoms with E-state index in [-0.39, 0.29) is 6.54 Å². The van der Waals surface area contributed by atoms with Gasteiger partial charge in [-0.1, -0.05) is 5.16 Å². The Bertz CT molecular complexity index is 590. The average molecular weight is 287 g/mol. The molecule has 2 aromatic rings. The first-order valence-corrected chi connectivity index (χ1v) is 7.60. The standard InChI is InChI=1S/C10H13N3O3S2/c1-11-7-9-10(3-5-17-9)18(14,15)13-6-8-2-4-12-16-8/h2-5,11,13H,6-7H2,1H3. The highest BCUT2D eigenvalue weighted by Gasteiger charge is 2.19. The molecular weight excluding hydrogens is 274 g/mol. The number of aromatic nitrogens is 1. The zero-order valence-corrected chi connectivity index (χ0v) is 11.3. The van der Waals surface area contributed by atoms with Crippen LogP contribution in [0.4, 0.5) is 0 Å². The molecule has 0 fully saturated rings. The molecular formula is C10H13N3O3S2. The Hall–Kier alpha value is -1.22. The van der Waals surface area contributed by atoms with Crippen LogP contribution in [0.15, 0.2) is 33.1 Å². The molecule has 0 radical (unpaired) electrons. The molecule has 2 N–H and O–H groups in total. The van der Waals surface area contributed by atoms with Gasteiger partial charge in [-0.15, -0.1) is 11.3 Å². The van der Waals surface area contributed by atoms with Crippen LogP contribution >= 0.6 is 11.3 Å². The molecule has 0 unspecified atom stereocenters. The van der Waals surface area contributed by atoms with Crippen molar-refractivity contribution in [2.24, 2.45) is 0 Å². The second-order valence-corrected chi connectivity index (χ2v) is 6.28. The summed E-state index contributed by atoms with van der Waals surface area (Å²) in [6.45, 7) is 0.618. The lowest BCUT2D eigenvalue weighted by Crippen LogP contribution is -2.24. The summed E-state index contributed by atoms with van der Waals surface area (Å²) in [5.74, 6) is 0.476. The summed E-state index contributed by atoms with van der Waals surface area (Å²) in [5.41, 5.74) is 0. The van der Waals surface area contributed by atoms with Crippen LogP contribution in [-0.2, 0) is 23.1 Å². The van der Waals surface area contributed by atoms with Gasteiger partial charge in [-0.05, 0) is 18.5 Å². The molecule has 0 saturated carbocycles. The van der Waals surface area contributed by atoms with E-state index in [2.05, 4.69) is 15.2 Å². The normalized spacial score (nSPS) is 11.8. The summed E-state index contributed by atoms with van der Waals surface area (Å²) in [4.78, 5) is 1.09. The monoisotopic (exact) mass is 287 g/mol. The van der Waals surface area contributed by atoms with Gasteiger partial charge < -0.3 is 9.84 Å². The molecule has 0 saturated heterocycles. The average Bonchev–Trinajstić information content (AvgIpc) is 2.97. The number of nitrogens with zero attached hydrogens (tertiary/aromatic N) is 1. The van der Waals surface area contributed by atoms with Crippen molar-refractivity contribution >= 4 is 21.4 Å². The zero-order valence-electron chi connectivity index (χ0n) is 9.71. The third kappa shape index (κ3) is 2.96. The fraction of sp³-hybridized carbons (Fsp3) is 0.300. The number of sulfonamides is 1. The van der Waals surface area contributed by atoms with Gasteiger partial charge in [0.25, 0.3) is 0 Å². The lowest BCUT2D eigenvalue weighted by molar-refractivity contribution is 0.380. The van der Waals surface area contributed by atoms with E-state index in [9.17, 15) is 8.42 Å². The number of thiophene rings is 1. The highest BCUT2D eigenvalue weighted by molar-refractivity contribution is 7.89. The third-order valence-corrected chi connectivity index (χ3v) is 4.80. The molecule has 6 nitrogen and oxygen atoms in total. The second kappa shape index (κ2) is 5.61. The molecule has 8 heteroatoms. The minimum absolute atomic E-state index is 0.0944. The molecule has 0 aliphatic rings. The number of hydrogen-bond donors (Lipinski definition) is 2. The van der Waals surface area contributed by atoms with Gasteiger partial charge in [-0.3, -0.25) is 0 Å². The first-order valence-electron chi connectivity index (χ1n) is 5.23. The summed E-state index contributed by atoms with van der Waals surface area (Å²) < 4.78 is 31.5. The molecule has 0 spiro atoms. The predicted molar refractivity (Wildman–Crippen MR) is 67.6 cm³/mol. The molecule has 98 valence electrons. The van der Waals surface area contributed by atoms with Gasteiger partial charge in [-0.25, -0.2) is 13.1 Å². The van der Waals surface area contributed by atoms with Crippen LogP contribution in [0.2, 0.25) is 0 Å². The van der Waals surface area contributed by atoms with E-state index in [1.165, 1.54) is 17.5 Å². The molecule has 2 heterocycles. The number of nitrogens with one attached hydrogen (secondary N) is 2. The molecule has 0 aliphatic carbocycles. The van der Waals surface area contributed by atoms with Crippen molar-refractivity contribution < 1.29 is 12.9 Å². The van der Waals surface area contributed by atoms with Gasteiger partial charge >= 0.3 is 0 Å². The number of rotatable bonds is 6. The van der Waals surface area contributed by atoms with Crippen molar-refractivity contribution in [1.29, 1.82) is 0 Å².